The highest BCUT2D eigenvalue weighted by molar-refractivity contribution is 7.98. The van der Waals surface area contributed by atoms with Crippen molar-refractivity contribution in [3.63, 3.8) is 0 Å². The second-order valence-corrected chi connectivity index (χ2v) is 5.32. The van der Waals surface area contributed by atoms with Crippen molar-refractivity contribution in [2.75, 3.05) is 6.26 Å². The number of hydrogen-bond donors (Lipinski definition) is 3. The molecule has 1 aliphatic rings. The van der Waals surface area contributed by atoms with E-state index in [1.807, 2.05) is 0 Å². The van der Waals surface area contributed by atoms with E-state index in [0.29, 0.717) is 10.7 Å². The van der Waals surface area contributed by atoms with Gasteiger partial charge in [-0.25, -0.2) is 4.79 Å². The minimum absolute atomic E-state index is 0.176. The van der Waals surface area contributed by atoms with Crippen LogP contribution in [0.1, 0.15) is 28.9 Å². The van der Waals surface area contributed by atoms with E-state index in [2.05, 4.69) is 20.6 Å². The van der Waals surface area contributed by atoms with Crippen molar-refractivity contribution in [3.8, 4) is 0 Å². The summed E-state index contributed by atoms with van der Waals surface area (Å²) in [6.45, 7) is 1.59. The number of nitrogens with one attached hydrogen (secondary N) is 3. The van der Waals surface area contributed by atoms with E-state index < -0.39 is 23.5 Å². The van der Waals surface area contributed by atoms with Crippen LogP contribution in [0.3, 0.4) is 0 Å². The molecule has 8 nitrogen and oxygen atoms in total. The van der Waals surface area contributed by atoms with Gasteiger partial charge in [0.2, 0.25) is 11.8 Å². The van der Waals surface area contributed by atoms with E-state index in [4.69, 9.17) is 0 Å². The van der Waals surface area contributed by atoms with E-state index in [1.54, 1.807) is 13.2 Å². The number of carbonyl (C=O) groups is 3. The van der Waals surface area contributed by atoms with Crippen LogP contribution in [0.5, 0.6) is 0 Å². The largest absolute Gasteiger partial charge is 0.346 e. The van der Waals surface area contributed by atoms with Crippen LogP contribution in [-0.4, -0.2) is 40.0 Å². The third kappa shape index (κ3) is 3.30. The summed E-state index contributed by atoms with van der Waals surface area (Å²) in [6, 6.07) is -0.767. The first kappa shape index (κ1) is 15.2. The molecular weight excluding hydrogens is 296 g/mol. The lowest BCUT2D eigenvalue weighted by Gasteiger charge is -2.22. The second-order valence-electron chi connectivity index (χ2n) is 4.53. The first-order valence-corrected chi connectivity index (χ1v) is 7.44. The van der Waals surface area contributed by atoms with Gasteiger partial charge >= 0.3 is 5.69 Å². The maximum absolute atomic E-state index is 12.3. The quantitative estimate of drug-likeness (QED) is 0.387. The van der Waals surface area contributed by atoms with Crippen molar-refractivity contribution in [2.24, 2.45) is 0 Å². The van der Waals surface area contributed by atoms with Crippen molar-refractivity contribution < 1.29 is 14.4 Å². The molecule has 0 bridgehead atoms. The number of aryl methyl sites for hydroxylation is 1. The molecule has 0 radical (unpaired) electrons. The predicted octanol–water partition coefficient (Wildman–Crippen LogP) is -0.665. The maximum Gasteiger partial charge on any atom is 0.346 e. The monoisotopic (exact) mass is 310 g/mol. The van der Waals surface area contributed by atoms with Crippen molar-refractivity contribution in [3.05, 3.63) is 21.7 Å². The zero-order chi connectivity index (χ0) is 15.6. The number of nitrogens with zero attached hydrogens (tertiary/aromatic N) is 1. The highest BCUT2D eigenvalue weighted by Crippen LogP contribution is 2.18. The Kier molecular flexibility index (Phi) is 4.41. The van der Waals surface area contributed by atoms with Gasteiger partial charge in [0.15, 0.2) is 0 Å². The second kappa shape index (κ2) is 6.08. The molecule has 0 aliphatic carbocycles. The lowest BCUT2D eigenvalue weighted by atomic mass is 10.1. The molecule has 0 aromatic carbocycles. The summed E-state index contributed by atoms with van der Waals surface area (Å²) in [7, 11) is 0. The van der Waals surface area contributed by atoms with Gasteiger partial charge in [0.05, 0.1) is 5.56 Å². The number of aromatic amines is 1. The molecule has 2 rings (SSSR count). The highest BCUT2D eigenvalue weighted by atomic mass is 32.2. The molecule has 2 heterocycles. The lowest BCUT2D eigenvalue weighted by Crippen LogP contribution is -2.52. The Bertz CT molecular complexity index is 670. The van der Waals surface area contributed by atoms with Crippen molar-refractivity contribution >= 4 is 29.5 Å². The van der Waals surface area contributed by atoms with Gasteiger partial charge in [-0.2, -0.15) is 4.98 Å². The normalized spacial score (nSPS) is 18.3. The number of aromatic nitrogens is 2. The average Bonchev–Trinajstić information content (AvgIpc) is 2.40. The fraction of sp³-hybridized carbons (Fsp3) is 0.417. The molecule has 0 spiro atoms. The number of piperidine rings is 1. The van der Waals surface area contributed by atoms with Gasteiger partial charge in [-0.05, 0) is 19.6 Å². The third-order valence-electron chi connectivity index (χ3n) is 3.05. The Balaban J connectivity index is 2.23. The summed E-state index contributed by atoms with van der Waals surface area (Å²) in [6.07, 6.45) is 2.12. The van der Waals surface area contributed by atoms with Gasteiger partial charge < -0.3 is 10.3 Å². The van der Waals surface area contributed by atoms with Crippen LogP contribution < -0.4 is 16.3 Å². The fourth-order valence-electron chi connectivity index (χ4n) is 2.04. The van der Waals surface area contributed by atoms with Gasteiger partial charge in [-0.3, -0.25) is 19.7 Å². The van der Waals surface area contributed by atoms with Gasteiger partial charge in [0.25, 0.3) is 5.91 Å². The van der Waals surface area contributed by atoms with Crippen LogP contribution >= 0.6 is 11.8 Å². The molecule has 1 saturated heterocycles. The number of carbonyl (C=O) groups excluding carboxylic acids is 3. The molecule has 1 atom stereocenters. The summed E-state index contributed by atoms with van der Waals surface area (Å²) < 4.78 is 0. The van der Waals surface area contributed by atoms with Crippen LogP contribution in [-0.2, 0) is 9.59 Å². The van der Waals surface area contributed by atoms with Crippen molar-refractivity contribution in [2.45, 2.75) is 30.8 Å². The minimum atomic E-state index is -0.767. The summed E-state index contributed by atoms with van der Waals surface area (Å²) >= 11 is 1.17. The van der Waals surface area contributed by atoms with E-state index >= 15 is 0 Å². The Morgan fingerprint density at radius 2 is 2.10 bits per heavy atom. The Morgan fingerprint density at radius 1 is 1.38 bits per heavy atom. The van der Waals surface area contributed by atoms with E-state index in [9.17, 15) is 19.2 Å². The molecule has 1 aromatic heterocycles. The van der Waals surface area contributed by atoms with Crippen LogP contribution in [0.2, 0.25) is 0 Å². The number of hydrogen-bond acceptors (Lipinski definition) is 6. The van der Waals surface area contributed by atoms with Crippen LogP contribution in [0, 0.1) is 6.92 Å². The molecule has 1 fully saturated rings. The van der Waals surface area contributed by atoms with Gasteiger partial charge in [-0.15, -0.1) is 11.8 Å². The number of rotatable bonds is 3. The first-order valence-electron chi connectivity index (χ1n) is 6.22. The number of imide groups is 1. The molecule has 1 aromatic rings. The van der Waals surface area contributed by atoms with Crippen LogP contribution in [0.15, 0.2) is 9.82 Å². The average molecular weight is 310 g/mol. The Morgan fingerprint density at radius 3 is 2.71 bits per heavy atom. The molecule has 1 aliphatic heterocycles. The molecular formula is C12H14N4O4S. The van der Waals surface area contributed by atoms with E-state index in [1.165, 1.54) is 11.8 Å². The Hall–Kier alpha value is -2.16. The summed E-state index contributed by atoms with van der Waals surface area (Å²) in [4.78, 5) is 52.5. The number of amides is 3. The SMILES string of the molecule is CSc1nc(=O)[nH]c(C)c1C(=O)NC1CCC(=O)NC1=O. The van der Waals surface area contributed by atoms with Gasteiger partial charge in [0, 0.05) is 12.1 Å². The summed E-state index contributed by atoms with van der Waals surface area (Å²) in [5.74, 6) is -1.38. The summed E-state index contributed by atoms with van der Waals surface area (Å²) in [5.41, 5.74) is 0.0744. The topological polar surface area (TPSA) is 121 Å². The summed E-state index contributed by atoms with van der Waals surface area (Å²) in [5, 5.41) is 5.02. The number of thioether (sulfide) groups is 1. The van der Waals surface area contributed by atoms with E-state index in [0.717, 1.165) is 0 Å². The first-order chi connectivity index (χ1) is 9.92. The number of H-pyrrole nitrogens is 1. The van der Waals surface area contributed by atoms with E-state index in [-0.39, 0.29) is 24.3 Å². The molecule has 1 unspecified atom stereocenters. The molecule has 0 saturated carbocycles. The zero-order valence-corrected chi connectivity index (χ0v) is 12.3. The zero-order valence-electron chi connectivity index (χ0n) is 11.5. The molecule has 21 heavy (non-hydrogen) atoms. The Labute approximate surface area is 124 Å². The predicted molar refractivity (Wildman–Crippen MR) is 75.0 cm³/mol. The fourth-order valence-corrected chi connectivity index (χ4v) is 2.66. The smallest absolute Gasteiger partial charge is 0.340 e. The molecule has 112 valence electrons. The van der Waals surface area contributed by atoms with Crippen molar-refractivity contribution in [1.82, 2.24) is 20.6 Å². The van der Waals surface area contributed by atoms with Crippen LogP contribution in [0.25, 0.3) is 0 Å². The maximum atomic E-state index is 12.3. The third-order valence-corrected chi connectivity index (χ3v) is 3.73. The van der Waals surface area contributed by atoms with Gasteiger partial charge in [0.1, 0.15) is 11.1 Å². The van der Waals surface area contributed by atoms with Crippen molar-refractivity contribution in [1.29, 1.82) is 0 Å². The molecule has 9 heteroatoms. The molecule has 3 N–H and O–H groups in total. The van der Waals surface area contributed by atoms with Gasteiger partial charge in [-0.1, -0.05) is 0 Å². The van der Waals surface area contributed by atoms with Crippen LogP contribution in [0.4, 0.5) is 0 Å². The standard InChI is InChI=1S/C12H14N4O4S/c1-5-8(11(21-2)16-12(20)13-5)10(19)14-6-3-4-7(17)15-9(6)18/h6H,3-4H2,1-2H3,(H,14,19)(H,13,16,20)(H,15,17,18). The lowest BCUT2D eigenvalue weighted by molar-refractivity contribution is -0.134. The highest BCUT2D eigenvalue weighted by Gasteiger charge is 2.29. The minimum Gasteiger partial charge on any atom is -0.340 e. The molecule has 3 amide bonds.